The smallest absolute Gasteiger partial charge is 0.331 e. The van der Waals surface area contributed by atoms with Crippen molar-refractivity contribution < 1.29 is 19.1 Å². The number of benzene rings is 2. The van der Waals surface area contributed by atoms with Gasteiger partial charge < -0.3 is 4.74 Å². The zero-order valence-corrected chi connectivity index (χ0v) is 13.8. The molecule has 2 aromatic carbocycles. The minimum absolute atomic E-state index is 0.193. The van der Waals surface area contributed by atoms with Crippen molar-refractivity contribution in [3.05, 3.63) is 59.7 Å². The molecule has 6 heteroatoms. The topological polar surface area (TPSA) is 66.9 Å². The Balaban J connectivity index is 1.79. The van der Waals surface area contributed by atoms with Crippen LogP contribution >= 0.6 is 0 Å². The number of carbonyl (C=O) groups excluding carboxylic acids is 3. The van der Waals surface area contributed by atoms with E-state index in [0.717, 1.165) is 17.6 Å². The minimum Gasteiger partial charge on any atom is -0.497 e. The minimum atomic E-state index is -0.356. The Morgan fingerprint density at radius 1 is 1.04 bits per heavy atom. The zero-order chi connectivity index (χ0) is 17.8. The van der Waals surface area contributed by atoms with E-state index in [4.69, 9.17) is 4.74 Å². The third-order valence-corrected chi connectivity index (χ3v) is 4.15. The van der Waals surface area contributed by atoms with Crippen molar-refractivity contribution in [3.8, 4) is 5.75 Å². The van der Waals surface area contributed by atoms with Crippen LogP contribution in [0.1, 0.15) is 22.3 Å². The Morgan fingerprint density at radius 3 is 2.32 bits per heavy atom. The third kappa shape index (κ3) is 3.52. The molecule has 1 saturated heterocycles. The maximum Gasteiger partial charge on any atom is 0.331 e. The van der Waals surface area contributed by atoms with Crippen molar-refractivity contribution in [1.82, 2.24) is 4.90 Å². The van der Waals surface area contributed by atoms with Gasteiger partial charge in [0.2, 0.25) is 5.91 Å². The molecule has 6 nitrogen and oxygen atoms in total. The molecule has 0 unspecified atom stereocenters. The van der Waals surface area contributed by atoms with Crippen molar-refractivity contribution in [2.75, 3.05) is 18.6 Å². The van der Waals surface area contributed by atoms with Gasteiger partial charge in [-0.25, -0.2) is 4.79 Å². The number of anilines is 1. The number of ether oxygens (including phenoxy) is 1. The lowest BCUT2D eigenvalue weighted by Crippen LogP contribution is -2.52. The maximum absolute atomic E-state index is 12.8. The van der Waals surface area contributed by atoms with Crippen molar-refractivity contribution in [2.45, 2.75) is 13.0 Å². The molecule has 0 N–H and O–H groups in total. The van der Waals surface area contributed by atoms with Gasteiger partial charge in [0.15, 0.2) is 0 Å². The molecule has 3 amide bonds. The van der Waals surface area contributed by atoms with Gasteiger partial charge in [-0.1, -0.05) is 12.1 Å². The largest absolute Gasteiger partial charge is 0.497 e. The lowest BCUT2D eigenvalue weighted by Gasteiger charge is -2.34. The van der Waals surface area contributed by atoms with Gasteiger partial charge in [0.1, 0.15) is 12.0 Å². The van der Waals surface area contributed by atoms with Gasteiger partial charge in [-0.3, -0.25) is 19.4 Å². The number of nitrogens with zero attached hydrogens (tertiary/aromatic N) is 2. The molecule has 0 aromatic heterocycles. The Hall–Kier alpha value is -3.15. The average Bonchev–Trinajstić information content (AvgIpc) is 2.66. The second-order valence-corrected chi connectivity index (χ2v) is 5.72. The van der Waals surface area contributed by atoms with Gasteiger partial charge in [0.25, 0.3) is 0 Å². The van der Waals surface area contributed by atoms with E-state index in [1.54, 1.807) is 48.4 Å². The molecule has 0 atom stereocenters. The van der Waals surface area contributed by atoms with Crippen LogP contribution in [0, 0.1) is 0 Å². The van der Waals surface area contributed by atoms with E-state index in [1.165, 1.54) is 4.90 Å². The summed E-state index contributed by atoms with van der Waals surface area (Å²) in [6, 6.07) is 13.6. The summed E-state index contributed by atoms with van der Waals surface area (Å²) in [5, 5.41) is 0. The van der Waals surface area contributed by atoms with E-state index in [1.807, 2.05) is 12.1 Å². The fourth-order valence-corrected chi connectivity index (χ4v) is 2.73. The van der Waals surface area contributed by atoms with Gasteiger partial charge in [0.05, 0.1) is 13.7 Å². The third-order valence-electron chi connectivity index (χ3n) is 4.15. The summed E-state index contributed by atoms with van der Waals surface area (Å²) in [5.41, 5.74) is 2.06. The Labute approximate surface area is 145 Å². The Bertz CT molecular complexity index is 784. The first-order valence-electron chi connectivity index (χ1n) is 7.92. The number of rotatable bonds is 5. The van der Waals surface area contributed by atoms with Crippen LogP contribution in [0.2, 0.25) is 0 Å². The summed E-state index contributed by atoms with van der Waals surface area (Å²) < 4.78 is 5.11. The van der Waals surface area contributed by atoms with Crippen molar-refractivity contribution >= 4 is 23.9 Å². The summed E-state index contributed by atoms with van der Waals surface area (Å²) in [6.45, 7) is 0.543. The van der Waals surface area contributed by atoms with Crippen molar-refractivity contribution in [2.24, 2.45) is 0 Å². The van der Waals surface area contributed by atoms with Crippen molar-refractivity contribution in [1.29, 1.82) is 0 Å². The second-order valence-electron chi connectivity index (χ2n) is 5.72. The zero-order valence-electron chi connectivity index (χ0n) is 13.8. The van der Waals surface area contributed by atoms with Gasteiger partial charge in [-0.2, -0.15) is 0 Å². The van der Waals surface area contributed by atoms with E-state index in [9.17, 15) is 14.4 Å². The highest BCUT2D eigenvalue weighted by Crippen LogP contribution is 2.23. The van der Waals surface area contributed by atoms with Gasteiger partial charge in [-0.05, 0) is 42.0 Å². The maximum atomic E-state index is 12.8. The van der Waals surface area contributed by atoms with Gasteiger partial charge in [-0.15, -0.1) is 0 Å². The molecule has 25 heavy (non-hydrogen) atoms. The first-order valence-corrected chi connectivity index (χ1v) is 7.92. The number of urea groups is 1. The molecule has 1 aliphatic rings. The van der Waals surface area contributed by atoms with E-state index in [2.05, 4.69) is 0 Å². The van der Waals surface area contributed by atoms with Crippen LogP contribution in [-0.4, -0.2) is 36.8 Å². The highest BCUT2D eigenvalue weighted by atomic mass is 16.5. The highest BCUT2D eigenvalue weighted by Gasteiger charge is 2.32. The number of methoxy groups -OCH3 is 1. The molecule has 0 bridgehead atoms. The van der Waals surface area contributed by atoms with Crippen LogP contribution in [0.3, 0.4) is 0 Å². The number of imide groups is 1. The van der Waals surface area contributed by atoms with Crippen LogP contribution in [0.4, 0.5) is 10.5 Å². The molecule has 1 heterocycles. The Kier molecular flexibility index (Phi) is 4.79. The number of hydrogen-bond donors (Lipinski definition) is 0. The second kappa shape index (κ2) is 7.17. The first kappa shape index (κ1) is 16.7. The molecule has 0 radical (unpaired) electrons. The monoisotopic (exact) mass is 338 g/mol. The van der Waals surface area contributed by atoms with Crippen LogP contribution in [-0.2, 0) is 11.3 Å². The van der Waals surface area contributed by atoms with Crippen LogP contribution in [0.15, 0.2) is 48.5 Å². The quantitative estimate of drug-likeness (QED) is 0.786. The fourth-order valence-electron chi connectivity index (χ4n) is 2.73. The SMILES string of the molecule is COc1ccc(CN2C(=O)CCN(c3ccc(C=O)cc3)C2=O)cc1. The number of aldehydes is 1. The van der Waals surface area contributed by atoms with E-state index in [0.29, 0.717) is 17.8 Å². The molecular weight excluding hydrogens is 320 g/mol. The molecule has 0 spiro atoms. The Morgan fingerprint density at radius 2 is 1.72 bits per heavy atom. The predicted octanol–water partition coefficient (Wildman–Crippen LogP) is 2.87. The highest BCUT2D eigenvalue weighted by molar-refractivity contribution is 6.05. The summed E-state index contributed by atoms with van der Waals surface area (Å²) in [6.07, 6.45) is 1.01. The normalized spacial score (nSPS) is 14.6. The number of amides is 3. The van der Waals surface area contributed by atoms with Crippen LogP contribution in [0.25, 0.3) is 0 Å². The summed E-state index contributed by atoms with van der Waals surface area (Å²) in [5.74, 6) is 0.526. The fraction of sp³-hybridized carbons (Fsp3) is 0.211. The summed E-state index contributed by atoms with van der Waals surface area (Å²) in [4.78, 5) is 38.5. The van der Waals surface area contributed by atoms with Crippen LogP contribution in [0.5, 0.6) is 5.75 Å². The summed E-state index contributed by atoms with van der Waals surface area (Å²) in [7, 11) is 1.58. The molecular formula is C19H18N2O4. The van der Waals surface area contributed by atoms with Gasteiger partial charge in [0, 0.05) is 24.2 Å². The van der Waals surface area contributed by atoms with E-state index < -0.39 is 0 Å². The molecule has 1 aliphatic heterocycles. The molecule has 3 rings (SSSR count). The standard InChI is InChI=1S/C19H18N2O4/c1-25-17-8-4-14(5-9-17)12-21-18(23)10-11-20(19(21)24)16-6-2-15(13-22)3-7-16/h2-9,13H,10-12H2,1H3. The first-order chi connectivity index (χ1) is 12.1. The molecule has 2 aromatic rings. The molecule has 1 fully saturated rings. The summed E-state index contributed by atoms with van der Waals surface area (Å²) >= 11 is 0. The number of carbonyl (C=O) groups is 3. The lowest BCUT2D eigenvalue weighted by molar-refractivity contribution is -0.129. The van der Waals surface area contributed by atoms with E-state index in [-0.39, 0.29) is 24.9 Å². The predicted molar refractivity (Wildman–Crippen MR) is 92.7 cm³/mol. The van der Waals surface area contributed by atoms with Crippen molar-refractivity contribution in [3.63, 3.8) is 0 Å². The molecule has 128 valence electrons. The van der Waals surface area contributed by atoms with Gasteiger partial charge >= 0.3 is 6.03 Å². The van der Waals surface area contributed by atoms with Crippen LogP contribution < -0.4 is 9.64 Å². The van der Waals surface area contributed by atoms with E-state index >= 15 is 0 Å². The molecule has 0 aliphatic carbocycles. The molecule has 0 saturated carbocycles. The number of hydrogen-bond acceptors (Lipinski definition) is 4. The lowest BCUT2D eigenvalue weighted by atomic mass is 10.1. The average molecular weight is 338 g/mol.